The summed E-state index contributed by atoms with van der Waals surface area (Å²) < 4.78 is 40.6. The number of aromatic carboxylic acids is 1. The SMILES string of the molecule is O=C(O)c1cn(C2CCN(C(=O)c3ccc(C(F)F)cc3F)CC2)nn1. The van der Waals surface area contributed by atoms with Gasteiger partial charge in [0.15, 0.2) is 5.69 Å². The summed E-state index contributed by atoms with van der Waals surface area (Å²) in [5.41, 5.74) is -0.885. The zero-order chi connectivity index (χ0) is 18.8. The second-order valence-electron chi connectivity index (χ2n) is 5.95. The number of halogens is 3. The van der Waals surface area contributed by atoms with Crippen molar-refractivity contribution in [3.8, 4) is 0 Å². The van der Waals surface area contributed by atoms with Crippen LogP contribution < -0.4 is 0 Å². The molecule has 7 nitrogen and oxygen atoms in total. The molecule has 2 heterocycles. The van der Waals surface area contributed by atoms with E-state index in [-0.39, 0.29) is 17.3 Å². The van der Waals surface area contributed by atoms with Gasteiger partial charge in [0.25, 0.3) is 12.3 Å². The summed E-state index contributed by atoms with van der Waals surface area (Å²) in [4.78, 5) is 24.7. The van der Waals surface area contributed by atoms with E-state index in [0.29, 0.717) is 32.0 Å². The third-order valence-corrected chi connectivity index (χ3v) is 4.33. The fourth-order valence-corrected chi connectivity index (χ4v) is 2.90. The summed E-state index contributed by atoms with van der Waals surface area (Å²) in [5.74, 6) is -2.71. The van der Waals surface area contributed by atoms with Crippen LogP contribution in [0.25, 0.3) is 0 Å². The molecule has 138 valence electrons. The van der Waals surface area contributed by atoms with Crippen LogP contribution in [0.4, 0.5) is 13.2 Å². The van der Waals surface area contributed by atoms with E-state index < -0.39 is 29.7 Å². The highest BCUT2D eigenvalue weighted by Crippen LogP contribution is 2.25. The predicted molar refractivity (Wildman–Crippen MR) is 82.5 cm³/mol. The largest absolute Gasteiger partial charge is 0.476 e. The fraction of sp³-hybridized carbons (Fsp3) is 0.375. The van der Waals surface area contributed by atoms with Crippen molar-refractivity contribution < 1.29 is 27.9 Å². The summed E-state index contributed by atoms with van der Waals surface area (Å²) in [6.45, 7) is 0.615. The molecule has 0 unspecified atom stereocenters. The minimum Gasteiger partial charge on any atom is -0.476 e. The van der Waals surface area contributed by atoms with Crippen molar-refractivity contribution in [2.45, 2.75) is 25.3 Å². The van der Waals surface area contributed by atoms with Gasteiger partial charge >= 0.3 is 5.97 Å². The highest BCUT2D eigenvalue weighted by molar-refractivity contribution is 5.94. The molecule has 1 amide bonds. The van der Waals surface area contributed by atoms with Gasteiger partial charge in [-0.1, -0.05) is 11.3 Å². The van der Waals surface area contributed by atoms with Gasteiger partial charge in [-0.3, -0.25) is 4.79 Å². The lowest BCUT2D eigenvalue weighted by Gasteiger charge is -2.32. The Balaban J connectivity index is 1.65. The Morgan fingerprint density at radius 2 is 1.92 bits per heavy atom. The van der Waals surface area contributed by atoms with Gasteiger partial charge in [-0.15, -0.1) is 5.10 Å². The Bertz CT molecular complexity index is 832. The van der Waals surface area contributed by atoms with Crippen molar-refractivity contribution in [1.82, 2.24) is 19.9 Å². The number of carboxylic acids is 1. The molecule has 0 saturated carbocycles. The van der Waals surface area contributed by atoms with E-state index in [4.69, 9.17) is 5.11 Å². The van der Waals surface area contributed by atoms with Crippen molar-refractivity contribution in [3.63, 3.8) is 0 Å². The zero-order valence-corrected chi connectivity index (χ0v) is 13.5. The van der Waals surface area contributed by atoms with Gasteiger partial charge in [-0.2, -0.15) is 0 Å². The third-order valence-electron chi connectivity index (χ3n) is 4.33. The summed E-state index contributed by atoms with van der Waals surface area (Å²) in [6.07, 6.45) is -0.494. The Morgan fingerprint density at radius 1 is 1.23 bits per heavy atom. The van der Waals surface area contributed by atoms with E-state index in [0.717, 1.165) is 12.1 Å². The molecule has 1 N–H and O–H groups in total. The minimum absolute atomic E-state index is 0.120. The second kappa shape index (κ2) is 7.14. The van der Waals surface area contributed by atoms with Crippen LogP contribution in [0.2, 0.25) is 0 Å². The van der Waals surface area contributed by atoms with Crippen molar-refractivity contribution in [3.05, 3.63) is 47.0 Å². The van der Waals surface area contributed by atoms with E-state index in [1.807, 2.05) is 0 Å². The Morgan fingerprint density at radius 3 is 2.46 bits per heavy atom. The highest BCUT2D eigenvalue weighted by atomic mass is 19.3. The quantitative estimate of drug-likeness (QED) is 0.896. The second-order valence-corrected chi connectivity index (χ2v) is 5.95. The van der Waals surface area contributed by atoms with Gasteiger partial charge in [-0.25, -0.2) is 22.6 Å². The monoisotopic (exact) mass is 368 g/mol. The van der Waals surface area contributed by atoms with Crippen molar-refractivity contribution in [1.29, 1.82) is 0 Å². The number of nitrogens with zero attached hydrogens (tertiary/aromatic N) is 4. The van der Waals surface area contributed by atoms with E-state index in [9.17, 15) is 22.8 Å². The molecule has 1 fully saturated rings. The molecule has 1 aliphatic rings. The predicted octanol–water partition coefficient (Wildman–Crippen LogP) is 2.53. The molecule has 3 rings (SSSR count). The standard InChI is InChI=1S/C16H15F3N4O3/c17-12-7-9(14(18)19)1-2-11(12)15(24)22-5-3-10(4-6-22)23-8-13(16(25)26)20-21-23/h1-2,7-8,10,14H,3-6H2,(H,25,26). The lowest BCUT2D eigenvalue weighted by molar-refractivity contribution is 0.0680. The van der Waals surface area contributed by atoms with Gasteiger partial charge in [0.05, 0.1) is 17.8 Å². The zero-order valence-electron chi connectivity index (χ0n) is 13.5. The molecule has 0 aliphatic carbocycles. The van der Waals surface area contributed by atoms with Crippen LogP contribution in [0.1, 0.15) is 51.7 Å². The highest BCUT2D eigenvalue weighted by Gasteiger charge is 2.27. The summed E-state index contributed by atoms with van der Waals surface area (Å²) in [7, 11) is 0. The first kappa shape index (κ1) is 17.9. The van der Waals surface area contributed by atoms with E-state index >= 15 is 0 Å². The molecule has 1 aromatic heterocycles. The maximum atomic E-state index is 14.0. The Labute approximate surface area is 146 Å². The number of carboxylic acid groups (broad SMARTS) is 1. The topological polar surface area (TPSA) is 88.3 Å². The molecule has 1 aliphatic heterocycles. The average molecular weight is 368 g/mol. The van der Waals surface area contributed by atoms with Crippen LogP contribution in [0.15, 0.2) is 24.4 Å². The first-order valence-corrected chi connectivity index (χ1v) is 7.89. The van der Waals surface area contributed by atoms with Crippen LogP contribution in [-0.2, 0) is 0 Å². The number of carbonyl (C=O) groups is 2. The van der Waals surface area contributed by atoms with Gasteiger partial charge in [-0.05, 0) is 25.0 Å². The number of aromatic nitrogens is 3. The first-order valence-electron chi connectivity index (χ1n) is 7.89. The average Bonchev–Trinajstić information content (AvgIpc) is 3.11. The summed E-state index contributed by atoms with van der Waals surface area (Å²) in [6, 6.07) is 2.66. The summed E-state index contributed by atoms with van der Waals surface area (Å²) >= 11 is 0. The molecule has 0 bridgehead atoms. The first-order chi connectivity index (χ1) is 12.4. The number of benzene rings is 1. The number of likely N-dealkylation sites (tertiary alicyclic amines) is 1. The molecule has 0 radical (unpaired) electrons. The van der Waals surface area contributed by atoms with Gasteiger partial charge < -0.3 is 10.0 Å². The minimum atomic E-state index is -2.80. The smallest absolute Gasteiger partial charge is 0.358 e. The number of hydrogen-bond donors (Lipinski definition) is 1. The number of piperidine rings is 1. The van der Waals surface area contributed by atoms with Crippen LogP contribution in [0, 0.1) is 5.82 Å². The molecule has 10 heteroatoms. The number of amides is 1. The fourth-order valence-electron chi connectivity index (χ4n) is 2.90. The maximum absolute atomic E-state index is 14.0. The summed E-state index contributed by atoms with van der Waals surface area (Å²) in [5, 5.41) is 16.2. The van der Waals surface area contributed by atoms with Crippen molar-refractivity contribution >= 4 is 11.9 Å². The number of hydrogen-bond acceptors (Lipinski definition) is 4. The van der Waals surface area contributed by atoms with Crippen LogP contribution in [-0.4, -0.2) is 50.0 Å². The normalized spacial score (nSPS) is 15.5. The molecule has 1 aromatic carbocycles. The number of carbonyl (C=O) groups excluding carboxylic acids is 1. The molecule has 1 saturated heterocycles. The van der Waals surface area contributed by atoms with E-state index in [1.165, 1.54) is 15.8 Å². The van der Waals surface area contributed by atoms with Gasteiger partial charge in [0.1, 0.15) is 5.82 Å². The molecule has 0 atom stereocenters. The maximum Gasteiger partial charge on any atom is 0.358 e. The Kier molecular flexibility index (Phi) is 4.92. The van der Waals surface area contributed by atoms with E-state index in [1.54, 1.807) is 0 Å². The molecule has 0 spiro atoms. The molecular formula is C16H15F3N4O3. The number of rotatable bonds is 4. The molecular weight excluding hydrogens is 353 g/mol. The van der Waals surface area contributed by atoms with Crippen LogP contribution in [0.3, 0.4) is 0 Å². The van der Waals surface area contributed by atoms with Crippen molar-refractivity contribution in [2.75, 3.05) is 13.1 Å². The van der Waals surface area contributed by atoms with E-state index in [2.05, 4.69) is 10.3 Å². The lowest BCUT2D eigenvalue weighted by atomic mass is 10.0. The van der Waals surface area contributed by atoms with Crippen LogP contribution >= 0.6 is 0 Å². The lowest BCUT2D eigenvalue weighted by Crippen LogP contribution is -2.39. The third kappa shape index (κ3) is 3.53. The molecule has 26 heavy (non-hydrogen) atoms. The van der Waals surface area contributed by atoms with Gasteiger partial charge in [0, 0.05) is 18.7 Å². The molecule has 2 aromatic rings. The van der Waals surface area contributed by atoms with Crippen molar-refractivity contribution in [2.24, 2.45) is 0 Å². The van der Waals surface area contributed by atoms with Gasteiger partial charge in [0.2, 0.25) is 0 Å². The Hall–Kier alpha value is -2.91. The number of alkyl halides is 2. The van der Waals surface area contributed by atoms with Crippen LogP contribution in [0.5, 0.6) is 0 Å².